The van der Waals surface area contributed by atoms with Crippen LogP contribution in [0.4, 0.5) is 0 Å². The molecule has 2 aromatic carbocycles. The zero-order valence-electron chi connectivity index (χ0n) is 10.0. The predicted molar refractivity (Wildman–Crippen MR) is 79.0 cm³/mol. The van der Waals surface area contributed by atoms with Gasteiger partial charge in [0, 0.05) is 16.1 Å². The summed E-state index contributed by atoms with van der Waals surface area (Å²) in [4.78, 5) is 23.7. The minimum absolute atomic E-state index is 0.100. The Balaban J connectivity index is 1.96. The van der Waals surface area contributed by atoms with Crippen LogP contribution >= 0.6 is 23.4 Å². The van der Waals surface area contributed by atoms with Gasteiger partial charge in [-0.3, -0.25) is 9.59 Å². The van der Waals surface area contributed by atoms with E-state index < -0.39 is 0 Å². The molecule has 2 nitrogen and oxygen atoms in total. The van der Waals surface area contributed by atoms with Gasteiger partial charge in [0.2, 0.25) is 5.12 Å². The normalized spacial score (nSPS) is 10.2. The van der Waals surface area contributed by atoms with Crippen molar-refractivity contribution in [2.45, 2.75) is 0 Å². The highest BCUT2D eigenvalue weighted by atomic mass is 35.5. The standard InChI is InChI=1S/C15H11ClO2S/c16-13-8-4-7-12(9-13)14(17)10-19-15(18)11-5-2-1-3-6-11/h1-9H,10H2. The number of Topliss-reactive ketones (excluding diaryl/α,β-unsaturated/α-hetero) is 1. The maximum atomic E-state index is 11.9. The molecule has 0 aromatic heterocycles. The van der Waals surface area contributed by atoms with Gasteiger partial charge in [0.15, 0.2) is 5.78 Å². The van der Waals surface area contributed by atoms with Crippen LogP contribution in [0.3, 0.4) is 0 Å². The van der Waals surface area contributed by atoms with Gasteiger partial charge in [-0.05, 0) is 12.1 Å². The fourth-order valence-corrected chi connectivity index (χ4v) is 2.46. The van der Waals surface area contributed by atoms with Gasteiger partial charge < -0.3 is 0 Å². The summed E-state index contributed by atoms with van der Waals surface area (Å²) >= 11 is 6.83. The van der Waals surface area contributed by atoms with Crippen molar-refractivity contribution in [2.75, 3.05) is 5.75 Å². The van der Waals surface area contributed by atoms with Gasteiger partial charge in [0.05, 0.1) is 5.75 Å². The van der Waals surface area contributed by atoms with Crippen LogP contribution in [0.25, 0.3) is 0 Å². The Hall–Kier alpha value is -1.58. The van der Waals surface area contributed by atoms with E-state index in [9.17, 15) is 9.59 Å². The number of carbonyl (C=O) groups excluding carboxylic acids is 2. The predicted octanol–water partition coefficient (Wildman–Crippen LogP) is 4.10. The van der Waals surface area contributed by atoms with Crippen LogP contribution in [0.15, 0.2) is 54.6 Å². The van der Waals surface area contributed by atoms with E-state index in [-0.39, 0.29) is 16.7 Å². The third kappa shape index (κ3) is 3.94. The molecule has 0 saturated carbocycles. The van der Waals surface area contributed by atoms with Crippen molar-refractivity contribution >= 4 is 34.3 Å². The van der Waals surface area contributed by atoms with Crippen molar-refractivity contribution in [3.05, 3.63) is 70.7 Å². The van der Waals surface area contributed by atoms with Crippen LogP contribution in [0.2, 0.25) is 5.02 Å². The first-order valence-corrected chi connectivity index (χ1v) is 7.04. The average molecular weight is 291 g/mol. The molecule has 0 N–H and O–H groups in total. The number of thioether (sulfide) groups is 1. The van der Waals surface area contributed by atoms with Gasteiger partial charge in [-0.25, -0.2) is 0 Å². The van der Waals surface area contributed by atoms with E-state index >= 15 is 0 Å². The maximum absolute atomic E-state index is 11.9. The molecule has 19 heavy (non-hydrogen) atoms. The third-order valence-corrected chi connectivity index (χ3v) is 3.63. The van der Waals surface area contributed by atoms with E-state index in [0.29, 0.717) is 16.1 Å². The number of carbonyl (C=O) groups is 2. The highest BCUT2D eigenvalue weighted by Crippen LogP contribution is 2.16. The third-order valence-electron chi connectivity index (χ3n) is 2.49. The SMILES string of the molecule is O=C(CSC(=O)c1ccccc1)c1cccc(Cl)c1. The monoisotopic (exact) mass is 290 g/mol. The molecular weight excluding hydrogens is 280 g/mol. The quantitative estimate of drug-likeness (QED) is 0.795. The summed E-state index contributed by atoms with van der Waals surface area (Å²) in [5.74, 6) is 0.0189. The Morgan fingerprint density at radius 3 is 2.32 bits per heavy atom. The lowest BCUT2D eigenvalue weighted by Gasteiger charge is -2.01. The van der Waals surface area contributed by atoms with Crippen molar-refractivity contribution < 1.29 is 9.59 Å². The van der Waals surface area contributed by atoms with E-state index in [1.165, 1.54) is 0 Å². The van der Waals surface area contributed by atoms with Gasteiger partial charge in [-0.2, -0.15) is 0 Å². The second kappa shape index (κ2) is 6.55. The van der Waals surface area contributed by atoms with Crippen molar-refractivity contribution in [2.24, 2.45) is 0 Å². The Kier molecular flexibility index (Phi) is 4.77. The molecule has 0 atom stereocenters. The van der Waals surface area contributed by atoms with E-state index in [4.69, 9.17) is 11.6 Å². The fourth-order valence-electron chi connectivity index (χ4n) is 1.53. The highest BCUT2D eigenvalue weighted by Gasteiger charge is 2.11. The van der Waals surface area contributed by atoms with Gasteiger partial charge in [0.1, 0.15) is 0 Å². The Morgan fingerprint density at radius 2 is 1.63 bits per heavy atom. The molecule has 0 fully saturated rings. The van der Waals surface area contributed by atoms with Gasteiger partial charge in [0.25, 0.3) is 0 Å². The molecule has 2 aromatic rings. The van der Waals surface area contributed by atoms with Crippen LogP contribution in [-0.2, 0) is 0 Å². The van der Waals surface area contributed by atoms with E-state index in [1.807, 2.05) is 6.07 Å². The number of hydrogen-bond donors (Lipinski definition) is 0. The minimum Gasteiger partial charge on any atom is -0.293 e. The number of rotatable bonds is 4. The lowest BCUT2D eigenvalue weighted by Crippen LogP contribution is -2.05. The maximum Gasteiger partial charge on any atom is 0.219 e. The van der Waals surface area contributed by atoms with Crippen LogP contribution in [-0.4, -0.2) is 16.7 Å². The van der Waals surface area contributed by atoms with Crippen molar-refractivity contribution in [3.8, 4) is 0 Å². The van der Waals surface area contributed by atoms with Gasteiger partial charge in [-0.1, -0.05) is 65.8 Å². The van der Waals surface area contributed by atoms with Gasteiger partial charge in [-0.15, -0.1) is 0 Å². The summed E-state index contributed by atoms with van der Waals surface area (Å²) in [7, 11) is 0. The first kappa shape index (κ1) is 13.8. The molecular formula is C15H11ClO2S. The molecule has 0 unspecified atom stereocenters. The van der Waals surface area contributed by atoms with Crippen LogP contribution in [0, 0.1) is 0 Å². The number of hydrogen-bond acceptors (Lipinski definition) is 3. The molecule has 0 bridgehead atoms. The summed E-state index contributed by atoms with van der Waals surface area (Å²) < 4.78 is 0. The largest absolute Gasteiger partial charge is 0.293 e. The van der Waals surface area contributed by atoms with E-state index in [2.05, 4.69) is 0 Å². The molecule has 0 aliphatic heterocycles. The van der Waals surface area contributed by atoms with Crippen LogP contribution < -0.4 is 0 Å². The van der Waals surface area contributed by atoms with Crippen molar-refractivity contribution in [1.82, 2.24) is 0 Å². The fraction of sp³-hybridized carbons (Fsp3) is 0.0667. The van der Waals surface area contributed by atoms with Crippen molar-refractivity contribution in [1.29, 1.82) is 0 Å². The molecule has 2 rings (SSSR count). The second-order valence-corrected chi connectivity index (χ2v) is 5.26. The number of halogens is 1. The molecule has 0 saturated heterocycles. The molecule has 0 heterocycles. The van der Waals surface area contributed by atoms with Crippen LogP contribution in [0.1, 0.15) is 20.7 Å². The first-order valence-electron chi connectivity index (χ1n) is 5.68. The van der Waals surface area contributed by atoms with Gasteiger partial charge >= 0.3 is 0 Å². The minimum atomic E-state index is -0.101. The first-order chi connectivity index (χ1) is 9.16. The molecule has 0 spiro atoms. The average Bonchev–Trinajstić information content (AvgIpc) is 2.45. The zero-order valence-corrected chi connectivity index (χ0v) is 11.6. The molecule has 0 radical (unpaired) electrons. The zero-order chi connectivity index (χ0) is 13.7. The van der Waals surface area contributed by atoms with E-state index in [1.54, 1.807) is 48.5 Å². The van der Waals surface area contributed by atoms with Crippen LogP contribution in [0.5, 0.6) is 0 Å². The lowest BCUT2D eigenvalue weighted by atomic mass is 10.1. The summed E-state index contributed by atoms with van der Waals surface area (Å²) in [5.41, 5.74) is 1.13. The summed E-state index contributed by atoms with van der Waals surface area (Å²) in [5, 5.41) is 0.418. The van der Waals surface area contributed by atoms with Crippen molar-refractivity contribution in [3.63, 3.8) is 0 Å². The highest BCUT2D eigenvalue weighted by molar-refractivity contribution is 8.14. The molecule has 96 valence electrons. The Labute approximate surface area is 120 Å². The van der Waals surface area contributed by atoms with E-state index in [0.717, 1.165) is 11.8 Å². The summed E-state index contributed by atoms with van der Waals surface area (Å²) in [6.07, 6.45) is 0. The summed E-state index contributed by atoms with van der Waals surface area (Å²) in [6, 6.07) is 15.6. The molecule has 0 amide bonds. The number of ketones is 1. The number of benzene rings is 2. The second-order valence-electron chi connectivity index (χ2n) is 3.88. The molecule has 0 aliphatic rings. The Morgan fingerprint density at radius 1 is 0.947 bits per heavy atom. The topological polar surface area (TPSA) is 34.1 Å². The smallest absolute Gasteiger partial charge is 0.219 e. The lowest BCUT2D eigenvalue weighted by molar-refractivity contribution is 0.101. The molecule has 0 aliphatic carbocycles. The molecule has 4 heteroatoms. The summed E-state index contributed by atoms with van der Waals surface area (Å²) in [6.45, 7) is 0. The Bertz CT molecular complexity index is 596.